The van der Waals surface area contributed by atoms with Gasteiger partial charge in [0.15, 0.2) is 5.69 Å². The van der Waals surface area contributed by atoms with Gasteiger partial charge in [0.1, 0.15) is 6.04 Å². The molecule has 116 valence electrons. The predicted octanol–water partition coefficient (Wildman–Crippen LogP) is -1.23. The molecule has 1 amide bonds. The summed E-state index contributed by atoms with van der Waals surface area (Å²) < 4.78 is 1.65. The minimum absolute atomic E-state index is 0.0521. The first-order valence-corrected chi connectivity index (χ1v) is 6.89. The van der Waals surface area contributed by atoms with Crippen LogP contribution < -0.4 is 10.6 Å². The third kappa shape index (κ3) is 3.99. The summed E-state index contributed by atoms with van der Waals surface area (Å²) in [4.78, 5) is 22.9. The van der Waals surface area contributed by atoms with Crippen molar-refractivity contribution in [2.45, 2.75) is 31.3 Å². The van der Waals surface area contributed by atoms with Gasteiger partial charge in [-0.1, -0.05) is 5.21 Å². The van der Waals surface area contributed by atoms with Crippen molar-refractivity contribution in [2.75, 3.05) is 19.7 Å². The Morgan fingerprint density at radius 1 is 1.48 bits per heavy atom. The maximum absolute atomic E-state index is 11.9. The van der Waals surface area contributed by atoms with Crippen LogP contribution in [-0.4, -0.2) is 62.8 Å². The molecular formula is C12H19N5O4. The number of aliphatic hydroxyl groups excluding tert-OH is 1. The molecule has 1 aromatic rings. The zero-order valence-corrected chi connectivity index (χ0v) is 11.5. The van der Waals surface area contributed by atoms with Crippen LogP contribution in [0, 0.1) is 0 Å². The van der Waals surface area contributed by atoms with E-state index < -0.39 is 17.9 Å². The third-order valence-corrected chi connectivity index (χ3v) is 3.45. The van der Waals surface area contributed by atoms with Gasteiger partial charge in [-0.15, -0.1) is 5.10 Å². The predicted molar refractivity (Wildman–Crippen MR) is 71.8 cm³/mol. The van der Waals surface area contributed by atoms with Crippen molar-refractivity contribution >= 4 is 11.9 Å². The number of amides is 1. The fraction of sp³-hybridized carbons (Fsp3) is 0.667. The number of nitrogens with zero attached hydrogens (tertiary/aromatic N) is 3. The van der Waals surface area contributed by atoms with Gasteiger partial charge in [-0.05, 0) is 25.9 Å². The first-order chi connectivity index (χ1) is 10.1. The number of carbonyl (C=O) groups excluding carboxylic acids is 1. The number of carboxylic acid groups (broad SMARTS) is 1. The first-order valence-electron chi connectivity index (χ1n) is 6.89. The highest BCUT2D eigenvalue weighted by molar-refractivity contribution is 5.94. The maximum atomic E-state index is 11.9. The van der Waals surface area contributed by atoms with E-state index >= 15 is 0 Å². The molecule has 1 aromatic heterocycles. The summed E-state index contributed by atoms with van der Waals surface area (Å²) in [6.45, 7) is 1.46. The Labute approximate surface area is 121 Å². The van der Waals surface area contributed by atoms with Gasteiger partial charge in [0, 0.05) is 13.0 Å². The first kappa shape index (κ1) is 15.4. The Morgan fingerprint density at radius 3 is 2.81 bits per heavy atom. The minimum atomic E-state index is -1.19. The van der Waals surface area contributed by atoms with Crippen molar-refractivity contribution < 1.29 is 19.8 Å². The second-order valence-corrected chi connectivity index (χ2v) is 4.94. The lowest BCUT2D eigenvalue weighted by Gasteiger charge is -2.22. The second-order valence-electron chi connectivity index (χ2n) is 4.94. The van der Waals surface area contributed by atoms with E-state index in [1.807, 2.05) is 0 Å². The summed E-state index contributed by atoms with van der Waals surface area (Å²) in [5.41, 5.74) is 0.0812. The number of rotatable bonds is 6. The lowest BCUT2D eigenvalue weighted by atomic mass is 10.1. The van der Waals surface area contributed by atoms with Crippen molar-refractivity contribution in [1.29, 1.82) is 0 Å². The fourth-order valence-corrected chi connectivity index (χ4v) is 2.25. The van der Waals surface area contributed by atoms with Gasteiger partial charge >= 0.3 is 5.97 Å². The molecule has 0 radical (unpaired) electrons. The Hall–Kier alpha value is -2.00. The Bertz CT molecular complexity index is 498. The number of hydrogen-bond acceptors (Lipinski definition) is 6. The molecule has 1 saturated heterocycles. The molecule has 1 aliphatic rings. The van der Waals surface area contributed by atoms with Gasteiger partial charge in [-0.25, -0.2) is 9.48 Å². The highest BCUT2D eigenvalue weighted by Crippen LogP contribution is 2.17. The maximum Gasteiger partial charge on any atom is 0.326 e. The molecule has 2 rings (SSSR count). The molecule has 0 bridgehead atoms. The molecule has 9 nitrogen and oxygen atoms in total. The second kappa shape index (κ2) is 7.14. The van der Waals surface area contributed by atoms with E-state index in [0.29, 0.717) is 0 Å². The number of aliphatic carboxylic acids is 1. The van der Waals surface area contributed by atoms with E-state index in [-0.39, 0.29) is 24.8 Å². The molecule has 4 N–H and O–H groups in total. The topological polar surface area (TPSA) is 129 Å². The molecule has 1 fully saturated rings. The molecule has 0 spiro atoms. The largest absolute Gasteiger partial charge is 0.480 e. The highest BCUT2D eigenvalue weighted by atomic mass is 16.4. The normalized spacial score (nSPS) is 17.4. The summed E-state index contributed by atoms with van der Waals surface area (Å²) in [7, 11) is 0. The van der Waals surface area contributed by atoms with Crippen LogP contribution in [0.15, 0.2) is 6.20 Å². The lowest BCUT2D eigenvalue weighted by Crippen LogP contribution is -2.41. The molecular weight excluding hydrogens is 278 g/mol. The number of hydrogen-bond donors (Lipinski definition) is 4. The third-order valence-electron chi connectivity index (χ3n) is 3.45. The molecule has 0 saturated carbocycles. The standard InChI is InChI=1S/C12H19N5O4/c18-6-3-9(12(20)21)14-11(19)10-7-17(16-15-10)8-1-4-13-5-2-8/h7-9,13,18H,1-6H2,(H,14,19)(H,20,21)/t9-/m0/s1. The Morgan fingerprint density at radius 2 is 2.19 bits per heavy atom. The molecule has 0 aromatic carbocycles. The summed E-state index contributed by atoms with van der Waals surface area (Å²) >= 11 is 0. The van der Waals surface area contributed by atoms with Crippen LogP contribution in [0.2, 0.25) is 0 Å². The number of aromatic nitrogens is 3. The van der Waals surface area contributed by atoms with Crippen LogP contribution in [0.1, 0.15) is 35.8 Å². The van der Waals surface area contributed by atoms with Crippen molar-refractivity contribution in [1.82, 2.24) is 25.6 Å². The van der Waals surface area contributed by atoms with Crippen LogP contribution in [0.4, 0.5) is 0 Å². The zero-order valence-electron chi connectivity index (χ0n) is 11.5. The molecule has 2 heterocycles. The average Bonchev–Trinajstić information content (AvgIpc) is 2.97. The van der Waals surface area contributed by atoms with Gasteiger partial charge in [0.2, 0.25) is 0 Å². The van der Waals surface area contributed by atoms with E-state index in [1.54, 1.807) is 4.68 Å². The van der Waals surface area contributed by atoms with Gasteiger partial charge < -0.3 is 20.8 Å². The van der Waals surface area contributed by atoms with E-state index in [9.17, 15) is 9.59 Å². The van der Waals surface area contributed by atoms with Crippen molar-refractivity contribution in [3.05, 3.63) is 11.9 Å². The monoisotopic (exact) mass is 297 g/mol. The van der Waals surface area contributed by atoms with Crippen LogP contribution in [0.25, 0.3) is 0 Å². The molecule has 21 heavy (non-hydrogen) atoms. The van der Waals surface area contributed by atoms with E-state index in [1.165, 1.54) is 6.20 Å². The van der Waals surface area contributed by atoms with E-state index in [2.05, 4.69) is 20.9 Å². The minimum Gasteiger partial charge on any atom is -0.480 e. The summed E-state index contributed by atoms with van der Waals surface area (Å²) in [5.74, 6) is -1.79. The van der Waals surface area contributed by atoms with Gasteiger partial charge in [-0.3, -0.25) is 4.79 Å². The molecule has 1 aliphatic heterocycles. The summed E-state index contributed by atoms with van der Waals surface area (Å²) in [5, 5.41) is 31.0. The van der Waals surface area contributed by atoms with Gasteiger partial charge in [0.25, 0.3) is 5.91 Å². The highest BCUT2D eigenvalue weighted by Gasteiger charge is 2.23. The number of carbonyl (C=O) groups is 2. The number of aliphatic hydroxyl groups is 1. The van der Waals surface area contributed by atoms with Gasteiger partial charge in [0.05, 0.1) is 12.2 Å². The zero-order chi connectivity index (χ0) is 15.2. The summed E-state index contributed by atoms with van der Waals surface area (Å²) in [6, 6.07) is -0.931. The van der Waals surface area contributed by atoms with E-state index in [0.717, 1.165) is 25.9 Å². The lowest BCUT2D eigenvalue weighted by molar-refractivity contribution is -0.139. The Kier molecular flexibility index (Phi) is 5.23. The quantitative estimate of drug-likeness (QED) is 0.517. The van der Waals surface area contributed by atoms with Crippen LogP contribution in [-0.2, 0) is 4.79 Å². The molecule has 1 atom stereocenters. The van der Waals surface area contributed by atoms with Crippen LogP contribution in [0.5, 0.6) is 0 Å². The van der Waals surface area contributed by atoms with Crippen LogP contribution in [0.3, 0.4) is 0 Å². The molecule has 9 heteroatoms. The van der Waals surface area contributed by atoms with Crippen molar-refractivity contribution in [3.8, 4) is 0 Å². The smallest absolute Gasteiger partial charge is 0.326 e. The van der Waals surface area contributed by atoms with Crippen molar-refractivity contribution in [3.63, 3.8) is 0 Å². The fourth-order valence-electron chi connectivity index (χ4n) is 2.25. The van der Waals surface area contributed by atoms with Crippen LogP contribution >= 0.6 is 0 Å². The Balaban J connectivity index is 1.99. The number of carboxylic acids is 1. The SMILES string of the molecule is O=C(N[C@@H](CCO)C(=O)O)c1cn(C2CCNCC2)nn1. The average molecular weight is 297 g/mol. The summed E-state index contributed by atoms with van der Waals surface area (Å²) in [6.07, 6.45) is 3.30. The van der Waals surface area contributed by atoms with Crippen molar-refractivity contribution in [2.24, 2.45) is 0 Å². The van der Waals surface area contributed by atoms with Gasteiger partial charge in [-0.2, -0.15) is 0 Å². The molecule has 0 unspecified atom stereocenters. The molecule has 0 aliphatic carbocycles. The number of piperidine rings is 1. The number of nitrogens with one attached hydrogen (secondary N) is 2. The van der Waals surface area contributed by atoms with E-state index in [4.69, 9.17) is 10.2 Å².